The van der Waals surface area contributed by atoms with Crippen LogP contribution in [0.5, 0.6) is 5.75 Å². The highest BCUT2D eigenvalue weighted by Crippen LogP contribution is 2.34. The number of aromatic nitrogens is 1. The molecular formula is C24H24ClN3O2S. The van der Waals surface area contributed by atoms with E-state index in [0.29, 0.717) is 18.2 Å². The van der Waals surface area contributed by atoms with Crippen molar-refractivity contribution in [2.45, 2.75) is 19.3 Å². The molecule has 1 fully saturated rings. The Morgan fingerprint density at radius 2 is 1.74 bits per heavy atom. The van der Waals surface area contributed by atoms with E-state index in [0.717, 1.165) is 45.5 Å². The van der Waals surface area contributed by atoms with E-state index in [4.69, 9.17) is 21.3 Å². The molecule has 0 N–H and O–H groups in total. The Bertz CT molecular complexity index is 1060. The number of thiazole rings is 1. The molecule has 3 heterocycles. The molecule has 1 saturated heterocycles. The Labute approximate surface area is 191 Å². The van der Waals surface area contributed by atoms with Crippen molar-refractivity contribution in [1.29, 1.82) is 0 Å². The van der Waals surface area contributed by atoms with Crippen molar-refractivity contribution >= 4 is 34.5 Å². The highest BCUT2D eigenvalue weighted by Gasteiger charge is 2.29. The minimum absolute atomic E-state index is 0.0154. The van der Waals surface area contributed by atoms with E-state index in [1.165, 1.54) is 37.3 Å². The van der Waals surface area contributed by atoms with Gasteiger partial charge in [0.25, 0.3) is 5.91 Å². The van der Waals surface area contributed by atoms with Crippen molar-refractivity contribution in [2.24, 2.45) is 0 Å². The maximum atomic E-state index is 13.2. The van der Waals surface area contributed by atoms with Gasteiger partial charge in [0.2, 0.25) is 0 Å². The van der Waals surface area contributed by atoms with Crippen molar-refractivity contribution in [3.05, 3.63) is 64.1 Å². The molecule has 0 saturated carbocycles. The number of likely N-dealkylation sites (tertiary alicyclic amines) is 1. The Hall–Kier alpha value is -2.41. The standard InChI is InChI=1S/C24H24ClN3O2S/c25-18-5-3-17(4-6-18)23-26-21-11-14-28(24(29)22(21)31-23)19-7-9-20(10-8-19)30-16-15-27-12-1-2-13-27/h3-10H,1-2,11-16H2. The second-order valence-corrected chi connectivity index (χ2v) is 9.34. The van der Waals surface area contributed by atoms with Gasteiger partial charge in [-0.25, -0.2) is 4.98 Å². The molecule has 0 unspecified atom stereocenters. The van der Waals surface area contributed by atoms with Gasteiger partial charge in [-0.3, -0.25) is 9.69 Å². The molecule has 0 atom stereocenters. The average Bonchev–Trinajstić information content (AvgIpc) is 3.46. The van der Waals surface area contributed by atoms with Crippen molar-refractivity contribution in [3.8, 4) is 16.3 Å². The summed E-state index contributed by atoms with van der Waals surface area (Å²) < 4.78 is 5.89. The minimum Gasteiger partial charge on any atom is -0.492 e. The zero-order chi connectivity index (χ0) is 21.2. The number of amides is 1. The van der Waals surface area contributed by atoms with E-state index in [-0.39, 0.29) is 5.91 Å². The summed E-state index contributed by atoms with van der Waals surface area (Å²) in [4.78, 5) is 22.9. The van der Waals surface area contributed by atoms with Crippen LogP contribution < -0.4 is 9.64 Å². The van der Waals surface area contributed by atoms with Gasteiger partial charge in [0, 0.05) is 35.8 Å². The molecule has 1 aromatic heterocycles. The Kier molecular flexibility index (Phi) is 5.94. The largest absolute Gasteiger partial charge is 0.492 e. The van der Waals surface area contributed by atoms with Crippen LogP contribution in [0.15, 0.2) is 48.5 Å². The summed E-state index contributed by atoms with van der Waals surface area (Å²) in [6.45, 7) is 4.65. The summed E-state index contributed by atoms with van der Waals surface area (Å²) in [6, 6.07) is 15.4. The summed E-state index contributed by atoms with van der Waals surface area (Å²) in [5.41, 5.74) is 2.76. The zero-order valence-electron chi connectivity index (χ0n) is 17.2. The monoisotopic (exact) mass is 453 g/mol. The number of carbonyl (C=O) groups excluding carboxylic acids is 1. The number of hydrogen-bond donors (Lipinski definition) is 0. The van der Waals surface area contributed by atoms with Crippen molar-refractivity contribution in [2.75, 3.05) is 37.7 Å². The molecule has 2 aliphatic heterocycles. The maximum Gasteiger partial charge on any atom is 0.270 e. The number of halogens is 1. The first kappa shape index (κ1) is 20.5. The van der Waals surface area contributed by atoms with Gasteiger partial charge in [0.05, 0.1) is 5.69 Å². The Balaban J connectivity index is 1.25. The van der Waals surface area contributed by atoms with Gasteiger partial charge >= 0.3 is 0 Å². The number of nitrogens with zero attached hydrogens (tertiary/aromatic N) is 3. The van der Waals surface area contributed by atoms with Crippen LogP contribution in [0.4, 0.5) is 5.69 Å². The predicted molar refractivity (Wildman–Crippen MR) is 126 cm³/mol. The smallest absolute Gasteiger partial charge is 0.270 e. The second kappa shape index (κ2) is 8.99. The summed E-state index contributed by atoms with van der Waals surface area (Å²) in [5.74, 6) is 0.859. The van der Waals surface area contributed by atoms with Crippen molar-refractivity contribution in [3.63, 3.8) is 0 Å². The Morgan fingerprint density at radius 3 is 2.48 bits per heavy atom. The lowest BCUT2D eigenvalue weighted by molar-refractivity contribution is 0.0984. The topological polar surface area (TPSA) is 45.7 Å². The predicted octanol–water partition coefficient (Wildman–Crippen LogP) is 5.14. The number of benzene rings is 2. The second-order valence-electron chi connectivity index (χ2n) is 7.90. The third-order valence-corrected chi connectivity index (χ3v) is 7.21. The van der Waals surface area contributed by atoms with Crippen molar-refractivity contribution in [1.82, 2.24) is 9.88 Å². The molecule has 0 spiro atoms. The van der Waals surface area contributed by atoms with E-state index < -0.39 is 0 Å². The fraction of sp³-hybridized carbons (Fsp3) is 0.333. The Morgan fingerprint density at radius 1 is 1.00 bits per heavy atom. The lowest BCUT2D eigenvalue weighted by Gasteiger charge is -2.26. The van der Waals surface area contributed by atoms with Gasteiger partial charge in [-0.15, -0.1) is 11.3 Å². The van der Waals surface area contributed by atoms with E-state index >= 15 is 0 Å². The molecule has 2 aromatic carbocycles. The minimum atomic E-state index is 0.0154. The van der Waals surface area contributed by atoms with Gasteiger partial charge in [0.1, 0.15) is 22.2 Å². The number of anilines is 1. The molecule has 0 aliphatic carbocycles. The van der Waals surface area contributed by atoms with Crippen molar-refractivity contribution < 1.29 is 9.53 Å². The number of ether oxygens (including phenoxy) is 1. The maximum absolute atomic E-state index is 13.2. The quantitative estimate of drug-likeness (QED) is 0.518. The molecule has 160 valence electrons. The van der Waals surface area contributed by atoms with Crippen LogP contribution >= 0.6 is 22.9 Å². The lowest BCUT2D eigenvalue weighted by Crippen LogP contribution is -2.36. The van der Waals surface area contributed by atoms with Gasteiger partial charge in [0.15, 0.2) is 0 Å². The molecule has 1 amide bonds. The first-order valence-corrected chi connectivity index (χ1v) is 11.9. The summed E-state index contributed by atoms with van der Waals surface area (Å²) >= 11 is 7.44. The first-order chi connectivity index (χ1) is 15.2. The van der Waals surface area contributed by atoms with E-state index in [9.17, 15) is 4.79 Å². The summed E-state index contributed by atoms with van der Waals surface area (Å²) in [7, 11) is 0. The average molecular weight is 454 g/mol. The third kappa shape index (κ3) is 4.47. The van der Waals surface area contributed by atoms with Gasteiger partial charge < -0.3 is 9.64 Å². The van der Waals surface area contributed by atoms with Crippen LogP contribution in [0.1, 0.15) is 28.2 Å². The molecule has 5 rings (SSSR count). The number of carbonyl (C=O) groups is 1. The number of rotatable bonds is 6. The zero-order valence-corrected chi connectivity index (χ0v) is 18.8. The van der Waals surface area contributed by atoms with Gasteiger partial charge in [-0.2, -0.15) is 0 Å². The van der Waals surface area contributed by atoms with Crippen LogP contribution in [-0.4, -0.2) is 48.6 Å². The lowest BCUT2D eigenvalue weighted by atomic mass is 10.1. The van der Waals surface area contributed by atoms with E-state index in [1.807, 2.05) is 53.4 Å². The summed E-state index contributed by atoms with van der Waals surface area (Å²) in [6.07, 6.45) is 3.34. The fourth-order valence-electron chi connectivity index (χ4n) is 4.11. The fourth-order valence-corrected chi connectivity index (χ4v) is 5.31. The SMILES string of the molecule is O=C1c2sc(-c3ccc(Cl)cc3)nc2CCN1c1ccc(OCCN2CCCC2)cc1. The van der Waals surface area contributed by atoms with Crippen LogP contribution in [0.2, 0.25) is 5.02 Å². The molecule has 0 radical (unpaired) electrons. The highest BCUT2D eigenvalue weighted by molar-refractivity contribution is 7.17. The number of hydrogen-bond acceptors (Lipinski definition) is 5. The van der Waals surface area contributed by atoms with Crippen LogP contribution in [-0.2, 0) is 6.42 Å². The normalized spacial score (nSPS) is 16.5. The van der Waals surface area contributed by atoms with Gasteiger partial charge in [-0.05, 0) is 62.3 Å². The molecule has 0 bridgehead atoms. The first-order valence-electron chi connectivity index (χ1n) is 10.7. The van der Waals surface area contributed by atoms with Crippen LogP contribution in [0.3, 0.4) is 0 Å². The molecule has 7 heteroatoms. The van der Waals surface area contributed by atoms with E-state index in [2.05, 4.69) is 4.90 Å². The molecular weight excluding hydrogens is 430 g/mol. The molecule has 3 aromatic rings. The molecule has 31 heavy (non-hydrogen) atoms. The molecule has 5 nitrogen and oxygen atoms in total. The van der Waals surface area contributed by atoms with Crippen LogP contribution in [0.25, 0.3) is 10.6 Å². The van der Waals surface area contributed by atoms with E-state index in [1.54, 1.807) is 0 Å². The van der Waals surface area contributed by atoms with Crippen LogP contribution in [0, 0.1) is 0 Å². The summed E-state index contributed by atoms with van der Waals surface area (Å²) in [5, 5.41) is 1.55. The third-order valence-electron chi connectivity index (χ3n) is 5.82. The van der Waals surface area contributed by atoms with Gasteiger partial charge in [-0.1, -0.05) is 23.7 Å². The number of fused-ring (bicyclic) bond motifs is 1. The highest BCUT2D eigenvalue weighted by atomic mass is 35.5. The molecule has 2 aliphatic rings.